The second-order valence-corrected chi connectivity index (χ2v) is 9.92. The smallest absolute Gasteiger partial charge is 0.341 e. The van der Waals surface area contributed by atoms with Crippen LogP contribution in [-0.4, -0.2) is 61.9 Å². The number of aromatic nitrogens is 4. The summed E-state index contributed by atoms with van der Waals surface area (Å²) in [7, 11) is 3.19. The number of hydrogen-bond donors (Lipinski definition) is 4. The van der Waals surface area contributed by atoms with Gasteiger partial charge in [0.1, 0.15) is 16.9 Å². The highest BCUT2D eigenvalue weighted by Gasteiger charge is 2.33. The van der Waals surface area contributed by atoms with E-state index in [1.807, 2.05) is 11.8 Å². The van der Waals surface area contributed by atoms with Crippen LogP contribution in [-0.2, 0) is 7.05 Å². The highest BCUT2D eigenvalue weighted by Crippen LogP contribution is 2.44. The number of aromatic carboxylic acids is 1. The molecule has 5 heterocycles. The minimum atomic E-state index is -1.36. The number of H-pyrrole nitrogens is 1. The molecule has 1 aliphatic rings. The second kappa shape index (κ2) is 8.73. The minimum absolute atomic E-state index is 0.00516. The Morgan fingerprint density at radius 2 is 1.95 bits per heavy atom. The Bertz CT molecular complexity index is 1890. The van der Waals surface area contributed by atoms with E-state index >= 15 is 4.39 Å². The third kappa shape index (κ3) is 3.62. The van der Waals surface area contributed by atoms with Crippen molar-refractivity contribution in [2.24, 2.45) is 13.0 Å². The molecule has 1 aromatic carbocycles. The number of hydrogen-bond acceptors (Lipinski definition) is 7. The number of halogens is 2. The summed E-state index contributed by atoms with van der Waals surface area (Å²) in [4.78, 5) is 38.6. The molecule has 200 valence electrons. The molecular formula is C27H24F2N6O4. The van der Waals surface area contributed by atoms with E-state index in [-0.39, 0.29) is 28.9 Å². The van der Waals surface area contributed by atoms with Crippen molar-refractivity contribution in [2.45, 2.75) is 13.0 Å². The molecule has 1 fully saturated rings. The minimum Gasteiger partial charge on any atom is -0.477 e. The summed E-state index contributed by atoms with van der Waals surface area (Å²) in [6.45, 7) is 2.56. The lowest BCUT2D eigenvalue weighted by Crippen LogP contribution is -2.22. The van der Waals surface area contributed by atoms with Crippen LogP contribution in [0.4, 0.5) is 20.2 Å². The maximum absolute atomic E-state index is 15.4. The molecule has 0 amide bonds. The van der Waals surface area contributed by atoms with Crippen LogP contribution >= 0.6 is 0 Å². The number of nitrogens with one attached hydrogen (secondary N) is 2. The third-order valence-electron chi connectivity index (χ3n) is 7.48. The molecule has 12 heteroatoms. The molecule has 0 unspecified atom stereocenters. The van der Waals surface area contributed by atoms with Crippen LogP contribution in [0.2, 0.25) is 0 Å². The topological polar surface area (TPSA) is 136 Å². The van der Waals surface area contributed by atoms with E-state index in [9.17, 15) is 24.2 Å². The van der Waals surface area contributed by atoms with Gasteiger partial charge in [-0.3, -0.25) is 4.79 Å². The van der Waals surface area contributed by atoms with Gasteiger partial charge in [-0.25, -0.2) is 23.5 Å². The first-order valence-corrected chi connectivity index (χ1v) is 12.3. The van der Waals surface area contributed by atoms with Crippen molar-refractivity contribution in [2.75, 3.05) is 30.4 Å². The normalized spacial score (nSPS) is 17.5. The zero-order chi connectivity index (χ0) is 27.7. The standard InChI is InChI=1S/C27H24F2N6O4/c1-11-8-35(10-18(11)36)23-14(12-4-13-24(37)15(27(38)39)9-34(3)26(13)32-6-12)7-31-25-20(23)19-21(29)16(28)5-17(30-2)22(19)33-25/h4-7,9,11,18,30,36H,8,10H2,1-3H3,(H,31,33)(H,38,39)/t11-,18-/m1/s1. The number of fused-ring (bicyclic) bond motifs is 4. The van der Waals surface area contributed by atoms with Gasteiger partial charge in [0, 0.05) is 68.9 Å². The van der Waals surface area contributed by atoms with Crippen LogP contribution in [0, 0.1) is 17.6 Å². The van der Waals surface area contributed by atoms with Crippen LogP contribution in [0.15, 0.2) is 35.5 Å². The fraction of sp³-hybridized carbons (Fsp3) is 0.259. The summed E-state index contributed by atoms with van der Waals surface area (Å²) in [5.41, 5.74) is 1.59. The number of carboxylic acids is 1. The van der Waals surface area contributed by atoms with Gasteiger partial charge in [-0.2, -0.15) is 0 Å². The molecule has 6 rings (SSSR count). The number of carboxylic acid groups (broad SMARTS) is 1. The Hall–Kier alpha value is -4.58. The molecule has 2 atom stereocenters. The van der Waals surface area contributed by atoms with Crippen LogP contribution in [0.1, 0.15) is 17.3 Å². The summed E-state index contributed by atoms with van der Waals surface area (Å²) in [5.74, 6) is -3.53. The molecule has 39 heavy (non-hydrogen) atoms. The second-order valence-electron chi connectivity index (χ2n) is 9.92. The number of aromatic amines is 1. The molecule has 0 spiro atoms. The first-order chi connectivity index (χ1) is 18.6. The number of β-amino-alcohol motifs (C(OH)–C–C–N with tert-alkyl or cyclic N) is 1. The molecule has 1 aliphatic heterocycles. The van der Waals surface area contributed by atoms with Crippen molar-refractivity contribution in [1.82, 2.24) is 19.5 Å². The molecule has 5 aromatic rings. The van der Waals surface area contributed by atoms with Gasteiger partial charge in [-0.1, -0.05) is 6.92 Å². The Kier molecular flexibility index (Phi) is 5.54. The summed E-state index contributed by atoms with van der Waals surface area (Å²) in [6.07, 6.45) is 3.63. The van der Waals surface area contributed by atoms with E-state index in [0.29, 0.717) is 45.6 Å². The van der Waals surface area contributed by atoms with E-state index in [1.54, 1.807) is 20.3 Å². The van der Waals surface area contributed by atoms with E-state index < -0.39 is 34.7 Å². The summed E-state index contributed by atoms with van der Waals surface area (Å²) >= 11 is 0. The van der Waals surface area contributed by atoms with Crippen LogP contribution in [0.3, 0.4) is 0 Å². The molecule has 4 aromatic heterocycles. The lowest BCUT2D eigenvalue weighted by atomic mass is 10.0. The maximum Gasteiger partial charge on any atom is 0.341 e. The van der Waals surface area contributed by atoms with Crippen molar-refractivity contribution in [1.29, 1.82) is 0 Å². The largest absolute Gasteiger partial charge is 0.477 e. The van der Waals surface area contributed by atoms with Gasteiger partial charge >= 0.3 is 5.97 Å². The summed E-state index contributed by atoms with van der Waals surface area (Å²) < 4.78 is 31.6. The molecule has 1 saturated heterocycles. The lowest BCUT2D eigenvalue weighted by molar-refractivity contribution is 0.0695. The number of pyridine rings is 3. The van der Waals surface area contributed by atoms with Gasteiger partial charge in [0.2, 0.25) is 5.43 Å². The highest BCUT2D eigenvalue weighted by molar-refractivity contribution is 6.18. The van der Waals surface area contributed by atoms with Crippen molar-refractivity contribution < 1.29 is 23.8 Å². The van der Waals surface area contributed by atoms with Crippen LogP contribution in [0.5, 0.6) is 0 Å². The number of anilines is 2. The Morgan fingerprint density at radius 3 is 2.62 bits per heavy atom. The van der Waals surface area contributed by atoms with Gasteiger partial charge in [0.25, 0.3) is 0 Å². The number of aliphatic hydroxyl groups excluding tert-OH is 1. The quantitative estimate of drug-likeness (QED) is 0.275. The lowest BCUT2D eigenvalue weighted by Gasteiger charge is -2.23. The summed E-state index contributed by atoms with van der Waals surface area (Å²) in [6, 6.07) is 2.60. The molecule has 0 bridgehead atoms. The fourth-order valence-electron chi connectivity index (χ4n) is 5.48. The van der Waals surface area contributed by atoms with Gasteiger partial charge in [0.05, 0.1) is 39.2 Å². The van der Waals surface area contributed by atoms with Crippen molar-refractivity contribution in [3.63, 3.8) is 0 Å². The fourth-order valence-corrected chi connectivity index (χ4v) is 5.48. The van der Waals surface area contributed by atoms with Gasteiger partial charge < -0.3 is 30.0 Å². The predicted octanol–water partition coefficient (Wildman–Crippen LogP) is 3.47. The van der Waals surface area contributed by atoms with Crippen LogP contribution in [0.25, 0.3) is 44.1 Å². The van der Waals surface area contributed by atoms with Crippen molar-refractivity contribution in [3.8, 4) is 11.1 Å². The number of aliphatic hydroxyl groups is 1. The monoisotopic (exact) mass is 534 g/mol. The molecule has 0 aliphatic carbocycles. The predicted molar refractivity (Wildman–Crippen MR) is 143 cm³/mol. The van der Waals surface area contributed by atoms with E-state index in [1.165, 1.54) is 23.0 Å². The van der Waals surface area contributed by atoms with Crippen molar-refractivity contribution >= 4 is 50.3 Å². The number of carbonyl (C=O) groups is 1. The molecular weight excluding hydrogens is 510 g/mol. The Labute approximate surface area is 219 Å². The Morgan fingerprint density at radius 1 is 1.18 bits per heavy atom. The first kappa shape index (κ1) is 24.7. The maximum atomic E-state index is 15.4. The van der Waals surface area contributed by atoms with Crippen LogP contribution < -0.4 is 15.6 Å². The molecule has 10 nitrogen and oxygen atoms in total. The zero-order valence-electron chi connectivity index (χ0n) is 21.2. The SMILES string of the molecule is CNc1cc(F)c(F)c2c1[nH]c1ncc(-c3cnc4c(c3)c(=O)c(C(=O)O)cn4C)c(N3C[C@@H](C)[C@H](O)C3)c12. The molecule has 0 radical (unpaired) electrons. The van der Waals surface area contributed by atoms with E-state index in [4.69, 9.17) is 0 Å². The molecule has 0 saturated carbocycles. The average molecular weight is 535 g/mol. The number of benzene rings is 1. The summed E-state index contributed by atoms with van der Waals surface area (Å²) in [5, 5.41) is 23.4. The van der Waals surface area contributed by atoms with Gasteiger partial charge in [-0.15, -0.1) is 0 Å². The number of nitrogens with zero attached hydrogens (tertiary/aromatic N) is 4. The zero-order valence-corrected chi connectivity index (χ0v) is 21.2. The average Bonchev–Trinajstić information content (AvgIpc) is 3.47. The highest BCUT2D eigenvalue weighted by atomic mass is 19.2. The number of aryl methyl sites for hydroxylation is 1. The third-order valence-corrected chi connectivity index (χ3v) is 7.48. The Balaban J connectivity index is 1.72. The number of rotatable bonds is 4. The van der Waals surface area contributed by atoms with Gasteiger partial charge in [0.15, 0.2) is 11.6 Å². The van der Waals surface area contributed by atoms with Crippen molar-refractivity contribution in [3.05, 3.63) is 58.1 Å². The first-order valence-electron chi connectivity index (χ1n) is 12.3. The van der Waals surface area contributed by atoms with Gasteiger partial charge in [-0.05, 0) is 6.07 Å². The van der Waals surface area contributed by atoms with E-state index in [2.05, 4.69) is 20.3 Å². The molecule has 4 N–H and O–H groups in total. The van der Waals surface area contributed by atoms with E-state index in [0.717, 1.165) is 6.07 Å².